The van der Waals surface area contributed by atoms with E-state index in [2.05, 4.69) is 33.5 Å². The maximum atomic E-state index is 9.41. The molecule has 0 aromatic carbocycles. The van der Waals surface area contributed by atoms with E-state index in [1.54, 1.807) is 6.20 Å². The van der Waals surface area contributed by atoms with Crippen molar-refractivity contribution in [2.45, 2.75) is 39.3 Å². The molecule has 4 heterocycles. The first-order valence-corrected chi connectivity index (χ1v) is 9.98. The maximum Gasteiger partial charge on any atom is 0.306 e. The molecule has 3 aromatic rings. The van der Waals surface area contributed by atoms with Gasteiger partial charge in [0.05, 0.1) is 6.61 Å². The fraction of sp³-hybridized carbons (Fsp3) is 0.450. The lowest BCUT2D eigenvalue weighted by Gasteiger charge is -2.22. The van der Waals surface area contributed by atoms with Crippen LogP contribution in [-0.2, 0) is 11.3 Å². The highest BCUT2D eigenvalue weighted by atomic mass is 16.5. The largest absolute Gasteiger partial charge is 0.449 e. The molecule has 0 amide bonds. The van der Waals surface area contributed by atoms with Crippen LogP contribution in [0.15, 0.2) is 30.6 Å². The Balaban J connectivity index is 1.70. The van der Waals surface area contributed by atoms with Crippen LogP contribution in [0.25, 0.3) is 22.6 Å². The van der Waals surface area contributed by atoms with Crippen LogP contribution in [0.3, 0.4) is 0 Å². The van der Waals surface area contributed by atoms with Crippen molar-refractivity contribution in [1.29, 1.82) is 0 Å². The predicted octanol–water partition coefficient (Wildman–Crippen LogP) is 1.49. The molecule has 4 rings (SSSR count). The average molecular weight is 379 g/mol. The van der Waals surface area contributed by atoms with Gasteiger partial charge in [-0.25, -0.2) is 15.0 Å². The highest BCUT2D eigenvalue weighted by Gasteiger charge is 2.22. The predicted molar refractivity (Wildman–Crippen MR) is 112 cm³/mol. The minimum Gasteiger partial charge on any atom is -0.449 e. The Bertz CT molecular complexity index is 944. The van der Waals surface area contributed by atoms with Gasteiger partial charge in [-0.05, 0) is 50.4 Å². The topological polar surface area (TPSA) is 76.3 Å². The summed E-state index contributed by atoms with van der Waals surface area (Å²) >= 11 is 0. The van der Waals surface area contributed by atoms with E-state index in [-0.39, 0.29) is 7.48 Å². The van der Waals surface area contributed by atoms with E-state index in [1.807, 2.05) is 19.2 Å². The van der Waals surface area contributed by atoms with Gasteiger partial charge in [0.15, 0.2) is 5.65 Å². The van der Waals surface area contributed by atoms with Crippen LogP contribution in [0.1, 0.15) is 26.7 Å². The van der Waals surface area contributed by atoms with Crippen LogP contribution in [0, 0.1) is 0 Å². The van der Waals surface area contributed by atoms with Crippen LogP contribution in [0.4, 0.5) is 5.82 Å². The summed E-state index contributed by atoms with van der Waals surface area (Å²) in [6.45, 7) is 7.23. The van der Waals surface area contributed by atoms with Crippen LogP contribution < -0.4 is 10.4 Å². The molecule has 1 N–H and O–H groups in total. The van der Waals surface area contributed by atoms with Crippen molar-refractivity contribution in [3.63, 3.8) is 0 Å². The van der Waals surface area contributed by atoms with Crippen LogP contribution in [0.2, 0.25) is 0 Å². The van der Waals surface area contributed by atoms with Gasteiger partial charge in [-0.1, -0.05) is 0 Å². The van der Waals surface area contributed by atoms with E-state index < -0.39 is 0 Å². The minimum absolute atomic E-state index is 0.0473. The molecule has 0 spiro atoms. The number of nitrogens with zero attached hydrogens (tertiary/aromatic N) is 5. The second-order valence-corrected chi connectivity index (χ2v) is 7.22. The van der Waals surface area contributed by atoms with Gasteiger partial charge in [0.25, 0.3) is 0 Å². The standard InChI is InChI=1S/C20H26BN5O2/c1-3-28-10-9-26-19(24-17-11-16(21-27)13-23-20(17)26)15-6-7-18(22-12-15)25-8-4-5-14(25)2/h6-7,11-14,21,27H,3-5,8-10H2,1-2H3/t14-/m0/s1. The first-order valence-electron chi connectivity index (χ1n) is 9.98. The smallest absolute Gasteiger partial charge is 0.306 e. The number of aromatic nitrogens is 4. The summed E-state index contributed by atoms with van der Waals surface area (Å²) in [6, 6.07) is 6.58. The molecule has 146 valence electrons. The van der Waals surface area contributed by atoms with Gasteiger partial charge in [-0.3, -0.25) is 0 Å². The summed E-state index contributed by atoms with van der Waals surface area (Å²) < 4.78 is 7.62. The number of hydrogen-bond donors (Lipinski definition) is 1. The quantitative estimate of drug-likeness (QED) is 0.495. The third-order valence-corrected chi connectivity index (χ3v) is 5.34. The molecule has 1 atom stereocenters. The molecule has 28 heavy (non-hydrogen) atoms. The Kier molecular flexibility index (Phi) is 5.59. The van der Waals surface area contributed by atoms with Gasteiger partial charge in [0.1, 0.15) is 17.2 Å². The first kappa shape index (κ1) is 18.9. The van der Waals surface area contributed by atoms with E-state index >= 15 is 0 Å². The maximum absolute atomic E-state index is 9.41. The molecule has 1 saturated heterocycles. The van der Waals surface area contributed by atoms with Crippen molar-refractivity contribution >= 4 is 29.9 Å². The third kappa shape index (κ3) is 3.62. The first-order chi connectivity index (χ1) is 13.7. The molecule has 3 aromatic heterocycles. The lowest BCUT2D eigenvalue weighted by Crippen LogP contribution is -2.26. The number of anilines is 1. The number of hydrogen-bond acceptors (Lipinski definition) is 6. The number of fused-ring (bicyclic) bond motifs is 1. The van der Waals surface area contributed by atoms with Crippen LogP contribution in [0.5, 0.6) is 0 Å². The highest BCUT2D eigenvalue weighted by molar-refractivity contribution is 6.45. The van der Waals surface area contributed by atoms with Gasteiger partial charge in [-0.2, -0.15) is 0 Å². The summed E-state index contributed by atoms with van der Waals surface area (Å²) in [5.74, 6) is 1.84. The zero-order chi connectivity index (χ0) is 19.5. The third-order valence-electron chi connectivity index (χ3n) is 5.34. The van der Waals surface area contributed by atoms with Crippen LogP contribution >= 0.6 is 0 Å². The molecule has 1 aliphatic rings. The minimum atomic E-state index is -0.0473. The second-order valence-electron chi connectivity index (χ2n) is 7.22. The van der Waals surface area contributed by atoms with Gasteiger partial charge >= 0.3 is 7.48 Å². The van der Waals surface area contributed by atoms with Gasteiger partial charge in [0, 0.05) is 43.7 Å². The molecule has 0 saturated carbocycles. The fourth-order valence-electron chi connectivity index (χ4n) is 3.83. The van der Waals surface area contributed by atoms with E-state index in [0.717, 1.165) is 40.4 Å². The zero-order valence-corrected chi connectivity index (χ0v) is 16.5. The Morgan fingerprint density at radius 2 is 2.18 bits per heavy atom. The zero-order valence-electron chi connectivity index (χ0n) is 16.5. The van der Waals surface area contributed by atoms with Crippen molar-refractivity contribution in [1.82, 2.24) is 19.5 Å². The number of ether oxygens (including phenoxy) is 1. The summed E-state index contributed by atoms with van der Waals surface area (Å²) in [5.41, 5.74) is 3.28. The van der Waals surface area contributed by atoms with E-state index in [4.69, 9.17) is 14.7 Å². The summed E-state index contributed by atoms with van der Waals surface area (Å²) in [5, 5.41) is 9.41. The lowest BCUT2D eigenvalue weighted by atomic mass is 9.91. The van der Waals surface area contributed by atoms with Crippen molar-refractivity contribution < 1.29 is 9.76 Å². The van der Waals surface area contributed by atoms with Crippen molar-refractivity contribution in [2.24, 2.45) is 0 Å². The van der Waals surface area contributed by atoms with Gasteiger partial charge < -0.3 is 19.2 Å². The SMILES string of the molecule is CCOCCn1c(-c2ccc(N3CCC[C@@H]3C)nc2)nc2cc(BO)cnc21. The molecule has 0 unspecified atom stereocenters. The Morgan fingerprint density at radius 3 is 2.86 bits per heavy atom. The molecule has 0 radical (unpaired) electrons. The van der Waals surface area contributed by atoms with Crippen molar-refractivity contribution in [2.75, 3.05) is 24.7 Å². The van der Waals surface area contributed by atoms with Crippen molar-refractivity contribution in [3.8, 4) is 11.4 Å². The summed E-state index contributed by atoms with van der Waals surface area (Å²) in [7, 11) is -0.0473. The van der Waals surface area contributed by atoms with E-state index in [9.17, 15) is 5.02 Å². The van der Waals surface area contributed by atoms with E-state index in [0.29, 0.717) is 25.8 Å². The molecule has 0 aliphatic carbocycles. The van der Waals surface area contributed by atoms with Crippen LogP contribution in [-0.4, -0.2) is 57.8 Å². The van der Waals surface area contributed by atoms with E-state index in [1.165, 1.54) is 12.8 Å². The molecule has 1 fully saturated rings. The molecular weight excluding hydrogens is 353 g/mol. The normalized spacial score (nSPS) is 16.8. The second kappa shape index (κ2) is 8.28. The number of rotatable bonds is 7. The summed E-state index contributed by atoms with van der Waals surface area (Å²) in [4.78, 5) is 16.4. The monoisotopic (exact) mass is 379 g/mol. The molecule has 1 aliphatic heterocycles. The average Bonchev–Trinajstić information content (AvgIpc) is 3.31. The Morgan fingerprint density at radius 1 is 1.29 bits per heavy atom. The Labute approximate surface area is 165 Å². The van der Waals surface area contributed by atoms with Gasteiger partial charge in [0.2, 0.25) is 0 Å². The molecular formula is C20H26BN5O2. The summed E-state index contributed by atoms with van der Waals surface area (Å²) in [6.07, 6.45) is 6.03. The molecule has 8 heteroatoms. The lowest BCUT2D eigenvalue weighted by molar-refractivity contribution is 0.140. The van der Waals surface area contributed by atoms with Gasteiger partial charge in [-0.15, -0.1) is 0 Å². The highest BCUT2D eigenvalue weighted by Crippen LogP contribution is 2.27. The van der Waals surface area contributed by atoms with Crippen molar-refractivity contribution in [3.05, 3.63) is 30.6 Å². The number of pyridine rings is 2. The molecule has 7 nitrogen and oxygen atoms in total. The fourth-order valence-corrected chi connectivity index (χ4v) is 3.83. The molecule has 0 bridgehead atoms. The Hall–Kier alpha value is -2.45. The number of imidazole rings is 1.